The molecule has 3 rings (SSSR count). The topological polar surface area (TPSA) is 44.8 Å². The Bertz CT molecular complexity index is 325. The number of likely N-dealkylation sites (tertiary alicyclic amines) is 1. The van der Waals surface area contributed by atoms with Gasteiger partial charge < -0.3 is 15.0 Å². The Kier molecular flexibility index (Phi) is 4.91. The lowest BCUT2D eigenvalue weighted by Gasteiger charge is -2.35. The molecular formula is C15H27N3O2. The number of hydrogen-bond acceptors (Lipinski definition) is 4. The molecule has 3 saturated heterocycles. The maximum absolute atomic E-state index is 12.4. The molecule has 3 heterocycles. The predicted molar refractivity (Wildman–Crippen MR) is 77.6 cm³/mol. The molecule has 2 atom stereocenters. The first-order valence-electron chi connectivity index (χ1n) is 8.15. The standard InChI is InChI=1S/C15H27N3O2/c19-15(17-7-9-20-10-8-17)12-18-6-2-4-14(18)13-3-1-5-16-11-13/h13-14,16H,1-12H2. The Morgan fingerprint density at radius 2 is 2.00 bits per heavy atom. The van der Waals surface area contributed by atoms with Crippen LogP contribution in [0.1, 0.15) is 25.7 Å². The fourth-order valence-corrected chi connectivity index (χ4v) is 3.88. The normalized spacial score (nSPS) is 32.5. The lowest BCUT2D eigenvalue weighted by Crippen LogP contribution is -2.49. The third-order valence-corrected chi connectivity index (χ3v) is 5.00. The van der Waals surface area contributed by atoms with Crippen molar-refractivity contribution in [1.82, 2.24) is 15.1 Å². The number of ether oxygens (including phenoxy) is 1. The molecule has 5 heteroatoms. The van der Waals surface area contributed by atoms with Crippen LogP contribution in [0, 0.1) is 5.92 Å². The fourth-order valence-electron chi connectivity index (χ4n) is 3.88. The van der Waals surface area contributed by atoms with E-state index >= 15 is 0 Å². The zero-order chi connectivity index (χ0) is 13.8. The van der Waals surface area contributed by atoms with Gasteiger partial charge in [-0.15, -0.1) is 0 Å². The van der Waals surface area contributed by atoms with Crippen LogP contribution in [0.15, 0.2) is 0 Å². The van der Waals surface area contributed by atoms with E-state index in [-0.39, 0.29) is 0 Å². The van der Waals surface area contributed by atoms with Crippen LogP contribution in [0.3, 0.4) is 0 Å². The SMILES string of the molecule is O=C(CN1CCCC1C1CCCNC1)N1CCOCC1. The Labute approximate surface area is 121 Å². The molecule has 1 N–H and O–H groups in total. The molecule has 0 saturated carbocycles. The second-order valence-electron chi connectivity index (χ2n) is 6.28. The molecule has 20 heavy (non-hydrogen) atoms. The number of nitrogens with one attached hydrogen (secondary N) is 1. The van der Waals surface area contributed by atoms with Gasteiger partial charge in [0.05, 0.1) is 19.8 Å². The molecule has 3 aliphatic rings. The van der Waals surface area contributed by atoms with E-state index in [1.54, 1.807) is 0 Å². The number of nitrogens with zero attached hydrogens (tertiary/aromatic N) is 2. The first-order valence-corrected chi connectivity index (χ1v) is 8.15. The van der Waals surface area contributed by atoms with Crippen molar-refractivity contribution in [2.24, 2.45) is 5.92 Å². The summed E-state index contributed by atoms with van der Waals surface area (Å²) in [6.07, 6.45) is 5.12. The summed E-state index contributed by atoms with van der Waals surface area (Å²) in [6, 6.07) is 0.618. The van der Waals surface area contributed by atoms with Gasteiger partial charge in [-0.25, -0.2) is 0 Å². The molecule has 0 aliphatic carbocycles. The smallest absolute Gasteiger partial charge is 0.236 e. The lowest BCUT2D eigenvalue weighted by molar-refractivity contribution is -0.136. The largest absolute Gasteiger partial charge is 0.378 e. The van der Waals surface area contributed by atoms with Gasteiger partial charge in [-0.1, -0.05) is 0 Å². The van der Waals surface area contributed by atoms with Crippen LogP contribution in [0.25, 0.3) is 0 Å². The van der Waals surface area contributed by atoms with Crippen LogP contribution < -0.4 is 5.32 Å². The molecule has 0 aromatic heterocycles. The summed E-state index contributed by atoms with van der Waals surface area (Å²) in [4.78, 5) is 16.8. The minimum atomic E-state index is 0.295. The molecular weight excluding hydrogens is 254 g/mol. The number of hydrogen-bond donors (Lipinski definition) is 1. The van der Waals surface area contributed by atoms with E-state index in [9.17, 15) is 4.79 Å². The Morgan fingerprint density at radius 3 is 2.75 bits per heavy atom. The van der Waals surface area contributed by atoms with E-state index in [1.807, 2.05) is 4.90 Å². The van der Waals surface area contributed by atoms with Gasteiger partial charge in [0.2, 0.25) is 5.91 Å². The highest BCUT2D eigenvalue weighted by molar-refractivity contribution is 5.78. The minimum absolute atomic E-state index is 0.295. The Morgan fingerprint density at radius 1 is 1.15 bits per heavy atom. The molecule has 2 unspecified atom stereocenters. The van der Waals surface area contributed by atoms with Crippen molar-refractivity contribution in [3.05, 3.63) is 0 Å². The third-order valence-electron chi connectivity index (χ3n) is 5.00. The summed E-state index contributed by atoms with van der Waals surface area (Å²) >= 11 is 0. The summed E-state index contributed by atoms with van der Waals surface area (Å²) in [5.74, 6) is 1.03. The number of morpholine rings is 1. The first kappa shape index (κ1) is 14.3. The Balaban J connectivity index is 1.53. The van der Waals surface area contributed by atoms with E-state index in [1.165, 1.54) is 25.7 Å². The summed E-state index contributed by atoms with van der Waals surface area (Å²) in [7, 11) is 0. The molecule has 0 spiro atoms. The number of piperidine rings is 1. The van der Waals surface area contributed by atoms with Crippen LogP contribution in [0.2, 0.25) is 0 Å². The molecule has 0 radical (unpaired) electrons. The van der Waals surface area contributed by atoms with Crippen LogP contribution in [0.5, 0.6) is 0 Å². The van der Waals surface area contributed by atoms with Gasteiger partial charge in [0.1, 0.15) is 0 Å². The van der Waals surface area contributed by atoms with Crippen molar-refractivity contribution >= 4 is 5.91 Å². The third kappa shape index (κ3) is 3.32. The molecule has 0 bridgehead atoms. The van der Waals surface area contributed by atoms with Crippen molar-refractivity contribution in [2.75, 3.05) is 52.5 Å². The zero-order valence-corrected chi connectivity index (χ0v) is 12.4. The van der Waals surface area contributed by atoms with Crippen LogP contribution in [0.4, 0.5) is 0 Å². The highest BCUT2D eigenvalue weighted by Gasteiger charge is 2.34. The quantitative estimate of drug-likeness (QED) is 0.809. The molecule has 5 nitrogen and oxygen atoms in total. The molecule has 3 fully saturated rings. The van der Waals surface area contributed by atoms with Gasteiger partial charge in [0.15, 0.2) is 0 Å². The van der Waals surface area contributed by atoms with Gasteiger partial charge in [-0.3, -0.25) is 9.69 Å². The zero-order valence-electron chi connectivity index (χ0n) is 12.4. The minimum Gasteiger partial charge on any atom is -0.378 e. The predicted octanol–water partition coefficient (Wildman–Crippen LogP) is 0.309. The van der Waals surface area contributed by atoms with E-state index < -0.39 is 0 Å². The lowest BCUT2D eigenvalue weighted by atomic mass is 9.90. The monoisotopic (exact) mass is 281 g/mol. The van der Waals surface area contributed by atoms with Crippen molar-refractivity contribution in [2.45, 2.75) is 31.7 Å². The number of carbonyl (C=O) groups is 1. The molecule has 0 aromatic carbocycles. The number of amides is 1. The summed E-state index contributed by atoms with van der Waals surface area (Å²) in [5, 5.41) is 3.51. The number of carbonyl (C=O) groups excluding carboxylic acids is 1. The number of rotatable bonds is 3. The van der Waals surface area contributed by atoms with Crippen LogP contribution in [-0.2, 0) is 9.53 Å². The van der Waals surface area contributed by atoms with Crippen molar-refractivity contribution in [3.8, 4) is 0 Å². The van der Waals surface area contributed by atoms with Crippen molar-refractivity contribution in [1.29, 1.82) is 0 Å². The molecule has 1 amide bonds. The van der Waals surface area contributed by atoms with Gasteiger partial charge >= 0.3 is 0 Å². The van der Waals surface area contributed by atoms with E-state index in [0.717, 1.165) is 38.6 Å². The highest BCUT2D eigenvalue weighted by atomic mass is 16.5. The molecule has 0 aromatic rings. The highest BCUT2D eigenvalue weighted by Crippen LogP contribution is 2.28. The van der Waals surface area contributed by atoms with Crippen molar-refractivity contribution in [3.63, 3.8) is 0 Å². The first-order chi connectivity index (χ1) is 9.84. The summed E-state index contributed by atoms with van der Waals surface area (Å²) in [6.45, 7) is 6.93. The molecule has 3 aliphatic heterocycles. The van der Waals surface area contributed by atoms with E-state index in [2.05, 4.69) is 10.2 Å². The Hall–Kier alpha value is -0.650. The average molecular weight is 281 g/mol. The van der Waals surface area contributed by atoms with Crippen LogP contribution in [-0.4, -0.2) is 74.2 Å². The van der Waals surface area contributed by atoms with Gasteiger partial charge in [-0.05, 0) is 51.2 Å². The fraction of sp³-hybridized carbons (Fsp3) is 0.933. The van der Waals surface area contributed by atoms with E-state index in [0.29, 0.717) is 31.7 Å². The van der Waals surface area contributed by atoms with E-state index in [4.69, 9.17) is 4.74 Å². The van der Waals surface area contributed by atoms with Crippen LogP contribution >= 0.6 is 0 Å². The molecule has 114 valence electrons. The van der Waals surface area contributed by atoms with Gasteiger partial charge in [0, 0.05) is 19.1 Å². The van der Waals surface area contributed by atoms with Crippen molar-refractivity contribution < 1.29 is 9.53 Å². The second-order valence-corrected chi connectivity index (χ2v) is 6.28. The summed E-state index contributed by atoms with van der Waals surface area (Å²) < 4.78 is 5.32. The van der Waals surface area contributed by atoms with Gasteiger partial charge in [0.25, 0.3) is 0 Å². The average Bonchev–Trinajstić information content (AvgIpc) is 2.97. The maximum Gasteiger partial charge on any atom is 0.236 e. The van der Waals surface area contributed by atoms with Gasteiger partial charge in [-0.2, -0.15) is 0 Å². The summed E-state index contributed by atoms with van der Waals surface area (Å²) in [5.41, 5.74) is 0. The maximum atomic E-state index is 12.4. The second kappa shape index (κ2) is 6.87.